The van der Waals surface area contributed by atoms with Crippen LogP contribution in [0.4, 0.5) is 5.69 Å². The molecule has 0 unspecified atom stereocenters. The van der Waals surface area contributed by atoms with Gasteiger partial charge in [0.1, 0.15) is 0 Å². The quantitative estimate of drug-likeness (QED) is 0.704. The SMILES string of the molecule is Cc1ccc2cc(-c3cc(N)ccn3)ccc2n1. The summed E-state index contributed by atoms with van der Waals surface area (Å²) < 4.78 is 0. The van der Waals surface area contributed by atoms with Crippen molar-refractivity contribution in [3.63, 3.8) is 0 Å². The maximum absolute atomic E-state index is 5.78. The van der Waals surface area contributed by atoms with E-state index < -0.39 is 0 Å². The van der Waals surface area contributed by atoms with Gasteiger partial charge in [0.25, 0.3) is 0 Å². The third kappa shape index (κ3) is 1.91. The fourth-order valence-electron chi connectivity index (χ4n) is 1.99. The Morgan fingerprint density at radius 1 is 1.00 bits per heavy atom. The highest BCUT2D eigenvalue weighted by atomic mass is 14.7. The number of nitrogen functional groups attached to an aromatic ring is 1. The van der Waals surface area contributed by atoms with Gasteiger partial charge in [-0.05, 0) is 37.3 Å². The minimum Gasteiger partial charge on any atom is -0.399 e. The predicted octanol–water partition coefficient (Wildman–Crippen LogP) is 3.19. The van der Waals surface area contributed by atoms with Crippen LogP contribution in [0.2, 0.25) is 0 Å². The fourth-order valence-corrected chi connectivity index (χ4v) is 1.99. The molecule has 0 atom stereocenters. The fraction of sp³-hybridized carbons (Fsp3) is 0.0667. The molecule has 0 saturated heterocycles. The third-order valence-electron chi connectivity index (χ3n) is 2.91. The lowest BCUT2D eigenvalue weighted by atomic mass is 10.1. The molecule has 88 valence electrons. The number of rotatable bonds is 1. The van der Waals surface area contributed by atoms with Crippen LogP contribution in [0.5, 0.6) is 0 Å². The van der Waals surface area contributed by atoms with E-state index in [1.165, 1.54) is 0 Å². The van der Waals surface area contributed by atoms with Crippen molar-refractivity contribution in [2.24, 2.45) is 0 Å². The molecule has 2 aromatic heterocycles. The minimum absolute atomic E-state index is 0.724. The first kappa shape index (κ1) is 10.7. The molecule has 0 aliphatic heterocycles. The lowest BCUT2D eigenvalue weighted by molar-refractivity contribution is 1.25. The summed E-state index contributed by atoms with van der Waals surface area (Å²) in [5, 5.41) is 1.11. The van der Waals surface area contributed by atoms with Gasteiger partial charge >= 0.3 is 0 Å². The summed E-state index contributed by atoms with van der Waals surface area (Å²) in [6.07, 6.45) is 1.72. The molecular formula is C15H13N3. The zero-order valence-electron chi connectivity index (χ0n) is 10.1. The first-order valence-electron chi connectivity index (χ1n) is 5.82. The average molecular weight is 235 g/mol. The van der Waals surface area contributed by atoms with Gasteiger partial charge in [0, 0.05) is 28.5 Å². The second-order valence-corrected chi connectivity index (χ2v) is 4.33. The van der Waals surface area contributed by atoms with Crippen LogP contribution in [-0.4, -0.2) is 9.97 Å². The van der Waals surface area contributed by atoms with E-state index in [4.69, 9.17) is 5.73 Å². The van der Waals surface area contributed by atoms with Crippen LogP contribution in [-0.2, 0) is 0 Å². The minimum atomic E-state index is 0.724. The van der Waals surface area contributed by atoms with Gasteiger partial charge in [0.05, 0.1) is 11.2 Å². The summed E-state index contributed by atoms with van der Waals surface area (Å²) in [5.74, 6) is 0. The van der Waals surface area contributed by atoms with Gasteiger partial charge < -0.3 is 5.73 Å². The molecule has 3 aromatic rings. The number of nitrogens with two attached hydrogens (primary N) is 1. The molecule has 3 rings (SSSR count). The van der Waals surface area contributed by atoms with Gasteiger partial charge in [-0.25, -0.2) is 0 Å². The van der Waals surface area contributed by atoms with Crippen LogP contribution in [0.25, 0.3) is 22.2 Å². The smallest absolute Gasteiger partial charge is 0.0722 e. The molecule has 3 heteroatoms. The summed E-state index contributed by atoms with van der Waals surface area (Å²) in [5.41, 5.74) is 10.5. The van der Waals surface area contributed by atoms with Gasteiger partial charge in [-0.15, -0.1) is 0 Å². The summed E-state index contributed by atoms with van der Waals surface area (Å²) in [6.45, 7) is 1.99. The highest BCUT2D eigenvalue weighted by molar-refractivity contribution is 5.84. The number of aromatic nitrogens is 2. The van der Waals surface area contributed by atoms with Crippen LogP contribution in [0.15, 0.2) is 48.7 Å². The van der Waals surface area contributed by atoms with E-state index in [1.54, 1.807) is 12.3 Å². The zero-order valence-corrected chi connectivity index (χ0v) is 10.1. The lowest BCUT2D eigenvalue weighted by Gasteiger charge is -2.04. The molecule has 2 N–H and O–H groups in total. The number of aryl methyl sites for hydroxylation is 1. The number of hydrogen-bond acceptors (Lipinski definition) is 3. The highest BCUT2D eigenvalue weighted by Gasteiger charge is 2.02. The molecule has 0 fully saturated rings. The van der Waals surface area contributed by atoms with Gasteiger partial charge in [0.15, 0.2) is 0 Å². The molecule has 0 amide bonds. The van der Waals surface area contributed by atoms with Crippen molar-refractivity contribution >= 4 is 16.6 Å². The van der Waals surface area contributed by atoms with E-state index in [2.05, 4.69) is 22.1 Å². The number of anilines is 1. The molecule has 3 nitrogen and oxygen atoms in total. The number of pyridine rings is 2. The number of fused-ring (bicyclic) bond motifs is 1. The Hall–Kier alpha value is -2.42. The molecule has 2 heterocycles. The Balaban J connectivity index is 2.16. The summed E-state index contributed by atoms with van der Waals surface area (Å²) in [6, 6.07) is 13.9. The first-order valence-corrected chi connectivity index (χ1v) is 5.82. The molecule has 18 heavy (non-hydrogen) atoms. The highest BCUT2D eigenvalue weighted by Crippen LogP contribution is 2.23. The topological polar surface area (TPSA) is 51.8 Å². The normalized spacial score (nSPS) is 10.7. The van der Waals surface area contributed by atoms with Crippen molar-refractivity contribution in [1.29, 1.82) is 0 Å². The van der Waals surface area contributed by atoms with Crippen molar-refractivity contribution in [2.75, 3.05) is 5.73 Å². The van der Waals surface area contributed by atoms with Crippen LogP contribution >= 0.6 is 0 Å². The number of benzene rings is 1. The van der Waals surface area contributed by atoms with E-state index in [0.29, 0.717) is 0 Å². The van der Waals surface area contributed by atoms with Crippen molar-refractivity contribution in [3.05, 3.63) is 54.4 Å². The molecule has 0 bridgehead atoms. The Morgan fingerprint density at radius 2 is 1.89 bits per heavy atom. The van der Waals surface area contributed by atoms with Crippen LogP contribution < -0.4 is 5.73 Å². The van der Waals surface area contributed by atoms with Crippen molar-refractivity contribution in [3.8, 4) is 11.3 Å². The second-order valence-electron chi connectivity index (χ2n) is 4.33. The van der Waals surface area contributed by atoms with E-state index in [9.17, 15) is 0 Å². The van der Waals surface area contributed by atoms with E-state index in [-0.39, 0.29) is 0 Å². The first-order chi connectivity index (χ1) is 8.72. The maximum Gasteiger partial charge on any atom is 0.0722 e. The predicted molar refractivity (Wildman–Crippen MR) is 74.1 cm³/mol. The molecule has 0 radical (unpaired) electrons. The van der Waals surface area contributed by atoms with Gasteiger partial charge in [-0.1, -0.05) is 12.1 Å². The van der Waals surface area contributed by atoms with E-state index in [0.717, 1.165) is 33.5 Å². The van der Waals surface area contributed by atoms with Crippen LogP contribution in [0, 0.1) is 6.92 Å². The van der Waals surface area contributed by atoms with E-state index in [1.807, 2.05) is 31.2 Å². The standard InChI is InChI=1S/C15H13N3/c1-10-2-3-11-8-12(4-5-14(11)18-10)15-9-13(16)6-7-17-15/h2-9H,1H3,(H2,16,17). The Kier molecular flexibility index (Phi) is 2.45. The van der Waals surface area contributed by atoms with Gasteiger partial charge in [-0.2, -0.15) is 0 Å². The second kappa shape index (κ2) is 4.11. The third-order valence-corrected chi connectivity index (χ3v) is 2.91. The van der Waals surface area contributed by atoms with Gasteiger partial charge in [-0.3, -0.25) is 9.97 Å². The Morgan fingerprint density at radius 3 is 2.72 bits per heavy atom. The zero-order chi connectivity index (χ0) is 12.5. The average Bonchev–Trinajstić information content (AvgIpc) is 2.38. The molecule has 0 saturated carbocycles. The summed E-state index contributed by atoms with van der Waals surface area (Å²) >= 11 is 0. The molecule has 1 aromatic carbocycles. The Bertz CT molecular complexity index is 720. The lowest BCUT2D eigenvalue weighted by Crippen LogP contribution is -1.89. The van der Waals surface area contributed by atoms with Crippen molar-refractivity contribution in [1.82, 2.24) is 9.97 Å². The van der Waals surface area contributed by atoms with Crippen LogP contribution in [0.3, 0.4) is 0 Å². The number of nitrogens with zero attached hydrogens (tertiary/aromatic N) is 2. The largest absolute Gasteiger partial charge is 0.399 e. The van der Waals surface area contributed by atoms with Crippen LogP contribution in [0.1, 0.15) is 5.69 Å². The monoisotopic (exact) mass is 235 g/mol. The molecular weight excluding hydrogens is 222 g/mol. The Labute approximate surface area is 105 Å². The number of hydrogen-bond donors (Lipinski definition) is 1. The summed E-state index contributed by atoms with van der Waals surface area (Å²) in [4.78, 5) is 8.82. The van der Waals surface area contributed by atoms with Crippen molar-refractivity contribution < 1.29 is 0 Å². The van der Waals surface area contributed by atoms with E-state index >= 15 is 0 Å². The maximum atomic E-state index is 5.78. The summed E-state index contributed by atoms with van der Waals surface area (Å²) in [7, 11) is 0. The molecule has 0 aliphatic carbocycles. The van der Waals surface area contributed by atoms with Crippen molar-refractivity contribution in [2.45, 2.75) is 6.92 Å². The van der Waals surface area contributed by atoms with Gasteiger partial charge in [0.2, 0.25) is 0 Å². The molecule has 0 aliphatic rings. The molecule has 0 spiro atoms.